The summed E-state index contributed by atoms with van der Waals surface area (Å²) < 4.78 is 0.540. The van der Waals surface area contributed by atoms with Gasteiger partial charge in [-0.3, -0.25) is 0 Å². The molecule has 3 heteroatoms. The van der Waals surface area contributed by atoms with Crippen LogP contribution in [0.1, 0.15) is 32.8 Å². The van der Waals surface area contributed by atoms with Crippen molar-refractivity contribution in [3.8, 4) is 11.1 Å². The van der Waals surface area contributed by atoms with Gasteiger partial charge in [-0.05, 0) is 0 Å². The third-order valence-electron chi connectivity index (χ3n) is 5.61. The molecule has 0 aromatic heterocycles. The molecule has 0 N–H and O–H groups in total. The molecule has 0 amide bonds. The zero-order valence-corrected chi connectivity index (χ0v) is 19.5. The Labute approximate surface area is 194 Å². The van der Waals surface area contributed by atoms with E-state index in [1.54, 1.807) is 24.7 Å². The molecule has 2 atom stereocenters. The minimum absolute atomic E-state index is 0. The minimum Gasteiger partial charge on any atom is -1.00 e. The summed E-state index contributed by atoms with van der Waals surface area (Å²) in [5.41, 5.74) is 11.4. The molecule has 0 nitrogen and oxygen atoms in total. The summed E-state index contributed by atoms with van der Waals surface area (Å²) >= 11 is 1.57. The third kappa shape index (κ3) is 3.39. The smallest absolute Gasteiger partial charge is 1.00 e. The molecule has 2 aliphatic rings. The second-order valence-electron chi connectivity index (χ2n) is 7.16. The van der Waals surface area contributed by atoms with E-state index in [1.807, 2.05) is 0 Å². The molecule has 0 bridgehead atoms. The van der Waals surface area contributed by atoms with Gasteiger partial charge in [-0.15, -0.1) is 0 Å². The Morgan fingerprint density at radius 2 is 1.36 bits per heavy atom. The molecule has 137 valence electrons. The molecule has 28 heavy (non-hydrogen) atoms. The van der Waals surface area contributed by atoms with Gasteiger partial charge >= 0.3 is 171 Å². The SMILES string of the molecule is CC1C=C(c2ccccc2)C=C1c1cccc2c1[CH]([Zr+2])c1ccccc1-2.[Cl-].[Cl-]. The van der Waals surface area contributed by atoms with Gasteiger partial charge in [0, 0.05) is 0 Å². The fraction of sp³-hybridized carbons (Fsp3) is 0.120. The van der Waals surface area contributed by atoms with Crippen LogP contribution in [-0.4, -0.2) is 0 Å². The average Bonchev–Trinajstić information content (AvgIpc) is 3.22. The van der Waals surface area contributed by atoms with Crippen molar-refractivity contribution < 1.29 is 49.5 Å². The van der Waals surface area contributed by atoms with Crippen LogP contribution in [-0.2, 0) is 24.7 Å². The van der Waals surface area contributed by atoms with Crippen LogP contribution in [0, 0.1) is 5.92 Å². The van der Waals surface area contributed by atoms with E-state index in [4.69, 9.17) is 0 Å². The number of hydrogen-bond acceptors (Lipinski definition) is 0. The molecule has 0 heterocycles. The Hall–Kier alpha value is -1.40. The topological polar surface area (TPSA) is 0 Å². The molecule has 0 radical (unpaired) electrons. The van der Waals surface area contributed by atoms with E-state index in [2.05, 4.69) is 91.9 Å². The summed E-state index contributed by atoms with van der Waals surface area (Å²) in [7, 11) is 0. The van der Waals surface area contributed by atoms with E-state index >= 15 is 0 Å². The number of rotatable bonds is 2. The van der Waals surface area contributed by atoms with Crippen molar-refractivity contribution in [2.75, 3.05) is 0 Å². The summed E-state index contributed by atoms with van der Waals surface area (Å²) in [4.78, 5) is 0. The molecule has 0 saturated heterocycles. The first-order valence-electron chi connectivity index (χ1n) is 9.16. The number of fused-ring (bicyclic) bond motifs is 3. The van der Waals surface area contributed by atoms with Crippen molar-refractivity contribution in [1.82, 2.24) is 0 Å². The van der Waals surface area contributed by atoms with E-state index in [1.165, 1.54) is 44.5 Å². The normalized spacial score (nSPS) is 19.0. The molecular weight excluding hydrogens is 462 g/mol. The van der Waals surface area contributed by atoms with Crippen molar-refractivity contribution in [3.05, 3.63) is 107 Å². The fourth-order valence-corrected chi connectivity index (χ4v) is 5.73. The van der Waals surface area contributed by atoms with Crippen LogP contribution in [0.3, 0.4) is 0 Å². The van der Waals surface area contributed by atoms with Gasteiger partial charge in [0.1, 0.15) is 0 Å². The number of halogens is 2. The molecule has 2 unspecified atom stereocenters. The van der Waals surface area contributed by atoms with Crippen molar-refractivity contribution >= 4 is 11.1 Å². The van der Waals surface area contributed by atoms with Crippen molar-refractivity contribution in [2.45, 2.75) is 10.5 Å². The van der Waals surface area contributed by atoms with Crippen molar-refractivity contribution in [2.24, 2.45) is 5.92 Å². The Balaban J connectivity index is 0.00000112. The van der Waals surface area contributed by atoms with E-state index in [9.17, 15) is 0 Å². The van der Waals surface area contributed by atoms with Gasteiger partial charge in [-0.2, -0.15) is 0 Å². The van der Waals surface area contributed by atoms with Gasteiger partial charge in [-0.1, -0.05) is 0 Å². The monoisotopic (exact) mass is 479 g/mol. The minimum atomic E-state index is 0. The van der Waals surface area contributed by atoms with E-state index in [0.29, 0.717) is 9.54 Å². The van der Waals surface area contributed by atoms with Gasteiger partial charge in [0.15, 0.2) is 0 Å². The maximum atomic E-state index is 2.41. The molecule has 5 rings (SSSR count). The first-order chi connectivity index (χ1) is 12.7. The first kappa shape index (κ1) is 21.3. The number of benzene rings is 3. The van der Waals surface area contributed by atoms with Crippen LogP contribution < -0.4 is 24.8 Å². The van der Waals surface area contributed by atoms with Gasteiger partial charge in [-0.25, -0.2) is 0 Å². The maximum Gasteiger partial charge on any atom is -1.00 e. The van der Waals surface area contributed by atoms with Crippen LogP contribution in [0.15, 0.2) is 84.9 Å². The van der Waals surface area contributed by atoms with Gasteiger partial charge < -0.3 is 24.8 Å². The summed E-state index contributed by atoms with van der Waals surface area (Å²) in [6, 6.07) is 26.5. The summed E-state index contributed by atoms with van der Waals surface area (Å²) in [5.74, 6) is 0.448. The molecular formula is C25H19Cl2Zr. The average molecular weight is 482 g/mol. The molecule has 2 aliphatic carbocycles. The number of allylic oxidation sites excluding steroid dienone is 4. The van der Waals surface area contributed by atoms with Crippen LogP contribution in [0.4, 0.5) is 0 Å². The second kappa shape index (κ2) is 8.54. The Morgan fingerprint density at radius 3 is 2.14 bits per heavy atom. The molecule has 0 spiro atoms. The standard InChI is InChI=1S/C25H19.2ClH.Zr/c1-17-14-20(18-8-3-2-4-9-18)16-24(17)23-13-7-12-22-21-11-6-5-10-19(21)15-25(22)23;;;/h2-17H,1H3;2*1H;/q;;;+2/p-2. The van der Waals surface area contributed by atoms with Gasteiger partial charge in [0.2, 0.25) is 0 Å². The Kier molecular flexibility index (Phi) is 6.50. The maximum absolute atomic E-state index is 2.41. The van der Waals surface area contributed by atoms with Crippen LogP contribution in [0.25, 0.3) is 22.3 Å². The fourth-order valence-electron chi connectivity index (χ4n) is 4.35. The largest absolute Gasteiger partial charge is 1.00 e. The first-order valence-corrected chi connectivity index (χ1v) is 10.6. The predicted molar refractivity (Wildman–Crippen MR) is 105 cm³/mol. The van der Waals surface area contributed by atoms with E-state index in [-0.39, 0.29) is 24.8 Å². The van der Waals surface area contributed by atoms with Crippen LogP contribution in [0.5, 0.6) is 0 Å². The summed E-state index contributed by atoms with van der Waals surface area (Å²) in [5, 5.41) is 0. The molecule has 0 aliphatic heterocycles. The van der Waals surface area contributed by atoms with Crippen molar-refractivity contribution in [3.63, 3.8) is 0 Å². The zero-order valence-electron chi connectivity index (χ0n) is 15.5. The number of hydrogen-bond donors (Lipinski definition) is 0. The predicted octanol–water partition coefficient (Wildman–Crippen LogP) is 0.428. The van der Waals surface area contributed by atoms with Gasteiger partial charge in [0.25, 0.3) is 0 Å². The zero-order chi connectivity index (χ0) is 17.7. The van der Waals surface area contributed by atoms with Crippen LogP contribution in [0.2, 0.25) is 0 Å². The van der Waals surface area contributed by atoms with Crippen LogP contribution >= 0.6 is 0 Å². The molecule has 3 aromatic carbocycles. The Morgan fingerprint density at radius 1 is 0.714 bits per heavy atom. The second-order valence-corrected chi connectivity index (χ2v) is 8.58. The quantitative estimate of drug-likeness (QED) is 0.498. The van der Waals surface area contributed by atoms with E-state index in [0.717, 1.165) is 0 Å². The van der Waals surface area contributed by atoms with E-state index < -0.39 is 0 Å². The molecule has 0 saturated carbocycles. The Bertz CT molecular complexity index is 1070. The molecule has 0 fully saturated rings. The third-order valence-corrected chi connectivity index (χ3v) is 7.08. The van der Waals surface area contributed by atoms with Crippen molar-refractivity contribution in [1.29, 1.82) is 0 Å². The molecule has 3 aromatic rings. The summed E-state index contributed by atoms with van der Waals surface area (Å²) in [6.07, 6.45) is 4.81. The summed E-state index contributed by atoms with van der Waals surface area (Å²) in [6.45, 7) is 2.32. The van der Waals surface area contributed by atoms with Gasteiger partial charge in [0.05, 0.1) is 0 Å².